The van der Waals surface area contributed by atoms with E-state index in [1.165, 1.54) is 0 Å². The van der Waals surface area contributed by atoms with Gasteiger partial charge in [-0.05, 0) is 24.0 Å². The van der Waals surface area contributed by atoms with E-state index in [1.807, 2.05) is 60.7 Å². The van der Waals surface area contributed by atoms with Crippen molar-refractivity contribution in [3.63, 3.8) is 0 Å². The van der Waals surface area contributed by atoms with Crippen molar-refractivity contribution >= 4 is 17.7 Å². The molecule has 160 valence electrons. The Morgan fingerprint density at radius 3 is 1.55 bits per heavy atom. The minimum atomic E-state index is -1.57. The predicted octanol–water partition coefficient (Wildman–Crippen LogP) is 4.66. The van der Waals surface area contributed by atoms with Crippen molar-refractivity contribution in [3.05, 3.63) is 71.8 Å². The lowest BCUT2D eigenvalue weighted by Crippen LogP contribution is -2.62. The van der Waals surface area contributed by atoms with E-state index < -0.39 is 35.0 Å². The van der Waals surface area contributed by atoms with Gasteiger partial charge in [0.25, 0.3) is 5.79 Å². The number of esters is 2. The summed E-state index contributed by atoms with van der Waals surface area (Å²) in [6, 6.07) is 18.7. The second-order valence-electron chi connectivity index (χ2n) is 8.99. The van der Waals surface area contributed by atoms with E-state index in [4.69, 9.17) is 9.47 Å². The first kappa shape index (κ1) is 20.0. The molecule has 2 spiro atoms. The van der Waals surface area contributed by atoms with Crippen molar-refractivity contribution < 1.29 is 23.9 Å². The van der Waals surface area contributed by atoms with Gasteiger partial charge >= 0.3 is 11.9 Å². The first-order valence-electron chi connectivity index (χ1n) is 11.1. The monoisotopic (exact) mass is 418 g/mol. The number of carbonyl (C=O) groups is 3. The zero-order valence-electron chi connectivity index (χ0n) is 17.4. The Bertz CT molecular complexity index is 917. The lowest BCUT2D eigenvalue weighted by atomic mass is 9.55. The minimum absolute atomic E-state index is 0.0342. The van der Waals surface area contributed by atoms with Crippen LogP contribution >= 0.6 is 0 Å². The van der Waals surface area contributed by atoms with Gasteiger partial charge in [0.05, 0.1) is 0 Å². The molecule has 0 aromatic heterocycles. The lowest BCUT2D eigenvalue weighted by Gasteiger charge is -2.52. The van der Waals surface area contributed by atoms with Gasteiger partial charge in [-0.1, -0.05) is 67.1 Å². The summed E-state index contributed by atoms with van der Waals surface area (Å²) < 4.78 is 12.0. The number of Topliss-reactive ketones (excluding diaryl/α,β-unsaturated/α-hetero) is 1. The van der Waals surface area contributed by atoms with E-state index in [0.717, 1.165) is 30.4 Å². The van der Waals surface area contributed by atoms with Gasteiger partial charge in [0.15, 0.2) is 5.41 Å². The number of ether oxygens (including phenoxy) is 2. The molecule has 5 rings (SSSR count). The zero-order valence-corrected chi connectivity index (χ0v) is 17.4. The summed E-state index contributed by atoms with van der Waals surface area (Å²) in [5.41, 5.74) is -0.00536. The maximum absolute atomic E-state index is 13.9. The van der Waals surface area contributed by atoms with E-state index in [-0.39, 0.29) is 18.6 Å². The van der Waals surface area contributed by atoms with E-state index in [0.29, 0.717) is 12.8 Å². The van der Waals surface area contributed by atoms with Crippen molar-refractivity contribution in [1.29, 1.82) is 0 Å². The van der Waals surface area contributed by atoms with Crippen molar-refractivity contribution in [1.82, 2.24) is 0 Å². The molecule has 5 nitrogen and oxygen atoms in total. The molecule has 1 heterocycles. The molecule has 2 aromatic rings. The fraction of sp³-hybridized carbons (Fsp3) is 0.423. The quantitative estimate of drug-likeness (QED) is 0.524. The number of benzene rings is 2. The highest BCUT2D eigenvalue weighted by Gasteiger charge is 2.68. The molecule has 31 heavy (non-hydrogen) atoms. The van der Waals surface area contributed by atoms with Crippen molar-refractivity contribution in [2.45, 2.75) is 62.6 Å². The number of carbonyl (C=O) groups excluding carboxylic acids is 3. The SMILES string of the molecule is O=C1CC(c2ccccc2)C2(C(=O)OC3(CCCCC3)OC2=O)C(c2ccccc2)C1. The van der Waals surface area contributed by atoms with Crippen LogP contribution in [0.5, 0.6) is 0 Å². The standard InChI is InChI=1S/C26H26O5/c27-20-16-21(18-10-4-1-5-11-18)26(22(17-20)19-12-6-2-7-13-19)23(28)30-25(31-24(26)29)14-8-3-9-15-25/h1-2,4-7,10-13,21-22H,3,8-9,14-17H2. The molecule has 2 aromatic carbocycles. The van der Waals surface area contributed by atoms with Crippen LogP contribution in [0.15, 0.2) is 60.7 Å². The van der Waals surface area contributed by atoms with E-state index in [2.05, 4.69) is 0 Å². The molecule has 0 amide bonds. The highest BCUT2D eigenvalue weighted by atomic mass is 16.7. The maximum Gasteiger partial charge on any atom is 0.328 e. The topological polar surface area (TPSA) is 69.7 Å². The van der Waals surface area contributed by atoms with Gasteiger partial charge < -0.3 is 9.47 Å². The number of hydrogen-bond acceptors (Lipinski definition) is 5. The molecule has 2 atom stereocenters. The van der Waals surface area contributed by atoms with E-state index in [9.17, 15) is 14.4 Å². The van der Waals surface area contributed by atoms with Gasteiger partial charge in [-0.15, -0.1) is 0 Å². The molecule has 2 aliphatic carbocycles. The fourth-order valence-corrected chi connectivity index (χ4v) is 5.71. The predicted molar refractivity (Wildman–Crippen MR) is 113 cm³/mol. The summed E-state index contributed by atoms with van der Waals surface area (Å²) in [5, 5.41) is 0. The third-order valence-electron chi connectivity index (χ3n) is 7.22. The third kappa shape index (κ3) is 3.18. The fourth-order valence-electron chi connectivity index (χ4n) is 5.71. The van der Waals surface area contributed by atoms with Gasteiger partial charge in [0.1, 0.15) is 5.78 Å². The molecule has 0 N–H and O–H groups in total. The van der Waals surface area contributed by atoms with Gasteiger partial charge in [0.2, 0.25) is 0 Å². The molecule has 5 heteroatoms. The largest absolute Gasteiger partial charge is 0.422 e. The van der Waals surface area contributed by atoms with E-state index >= 15 is 0 Å². The zero-order chi connectivity index (χ0) is 21.5. The van der Waals surface area contributed by atoms with Crippen LogP contribution in [0.2, 0.25) is 0 Å². The Hall–Kier alpha value is -2.95. The first-order valence-corrected chi connectivity index (χ1v) is 11.1. The van der Waals surface area contributed by atoms with Gasteiger partial charge in [-0.25, -0.2) is 0 Å². The van der Waals surface area contributed by atoms with E-state index in [1.54, 1.807) is 0 Å². The van der Waals surface area contributed by atoms with Gasteiger partial charge in [0, 0.05) is 37.5 Å². The summed E-state index contributed by atoms with van der Waals surface area (Å²) in [5.74, 6) is -3.45. The highest BCUT2D eigenvalue weighted by molar-refractivity contribution is 6.06. The van der Waals surface area contributed by atoms with Crippen LogP contribution in [0.3, 0.4) is 0 Å². The summed E-state index contributed by atoms with van der Waals surface area (Å²) in [4.78, 5) is 40.7. The Morgan fingerprint density at radius 1 is 0.645 bits per heavy atom. The molecule has 2 unspecified atom stereocenters. The van der Waals surface area contributed by atoms with Crippen LogP contribution in [0.4, 0.5) is 0 Å². The average molecular weight is 418 g/mol. The molecule has 0 bridgehead atoms. The summed E-state index contributed by atoms with van der Waals surface area (Å²) in [6.45, 7) is 0. The molecular weight excluding hydrogens is 392 g/mol. The van der Waals surface area contributed by atoms with Crippen LogP contribution in [0.25, 0.3) is 0 Å². The average Bonchev–Trinajstić information content (AvgIpc) is 2.79. The summed E-state index contributed by atoms with van der Waals surface area (Å²) >= 11 is 0. The van der Waals surface area contributed by atoms with Crippen molar-refractivity contribution in [2.75, 3.05) is 0 Å². The van der Waals surface area contributed by atoms with Crippen LogP contribution in [0.1, 0.15) is 67.9 Å². The van der Waals surface area contributed by atoms with Crippen LogP contribution in [-0.4, -0.2) is 23.5 Å². The van der Waals surface area contributed by atoms with Gasteiger partial charge in [-0.3, -0.25) is 14.4 Å². The lowest BCUT2D eigenvalue weighted by molar-refractivity contribution is -0.275. The molecule has 1 saturated heterocycles. The van der Waals surface area contributed by atoms with Crippen molar-refractivity contribution in [3.8, 4) is 0 Å². The molecule has 3 fully saturated rings. The third-order valence-corrected chi connectivity index (χ3v) is 7.22. The normalized spacial score (nSPS) is 27.0. The Kier molecular flexibility index (Phi) is 4.92. The smallest absolute Gasteiger partial charge is 0.328 e. The number of hydrogen-bond donors (Lipinski definition) is 0. The Labute approximate surface area is 181 Å². The second kappa shape index (κ2) is 7.63. The highest BCUT2D eigenvalue weighted by Crippen LogP contribution is 2.58. The van der Waals surface area contributed by atoms with Crippen LogP contribution < -0.4 is 0 Å². The number of ketones is 1. The molecular formula is C26H26O5. The van der Waals surface area contributed by atoms with Crippen molar-refractivity contribution in [2.24, 2.45) is 5.41 Å². The minimum Gasteiger partial charge on any atom is -0.422 e. The Balaban J connectivity index is 1.66. The molecule has 3 aliphatic rings. The summed E-state index contributed by atoms with van der Waals surface area (Å²) in [7, 11) is 0. The Morgan fingerprint density at radius 2 is 1.10 bits per heavy atom. The second-order valence-corrected chi connectivity index (χ2v) is 8.99. The maximum atomic E-state index is 13.9. The number of rotatable bonds is 2. The van der Waals surface area contributed by atoms with Crippen LogP contribution in [-0.2, 0) is 23.9 Å². The first-order chi connectivity index (χ1) is 15.1. The van der Waals surface area contributed by atoms with Crippen LogP contribution in [0, 0.1) is 5.41 Å². The molecule has 0 radical (unpaired) electrons. The molecule has 1 aliphatic heterocycles. The van der Waals surface area contributed by atoms with Gasteiger partial charge in [-0.2, -0.15) is 0 Å². The molecule has 2 saturated carbocycles. The summed E-state index contributed by atoms with van der Waals surface area (Å²) in [6.07, 6.45) is 4.05.